The number of nitrogens with zero attached hydrogens (tertiary/aromatic N) is 2. The third kappa shape index (κ3) is 3.49. The smallest absolute Gasteiger partial charge is 0.410 e. The molecule has 0 aliphatic carbocycles. The van der Waals surface area contributed by atoms with E-state index in [1.807, 2.05) is 32.9 Å². The van der Waals surface area contributed by atoms with Gasteiger partial charge in [-0.3, -0.25) is 4.72 Å². The number of hydrogen-bond donors (Lipinski definition) is 1. The van der Waals surface area contributed by atoms with Gasteiger partial charge in [0.15, 0.2) is 0 Å². The predicted molar refractivity (Wildman–Crippen MR) is 90.7 cm³/mol. The van der Waals surface area contributed by atoms with Gasteiger partial charge in [0.05, 0.1) is 5.69 Å². The van der Waals surface area contributed by atoms with Crippen LogP contribution in [0.15, 0.2) is 24.3 Å². The molecular weight excluding hydrogens is 330 g/mol. The number of benzene rings is 1. The van der Waals surface area contributed by atoms with Crippen molar-refractivity contribution >= 4 is 22.0 Å². The minimum Gasteiger partial charge on any atom is -0.444 e. The minimum absolute atomic E-state index is 0.247. The molecule has 1 amide bonds. The van der Waals surface area contributed by atoms with E-state index in [-0.39, 0.29) is 6.04 Å². The number of ether oxygens (including phenoxy) is 1. The summed E-state index contributed by atoms with van der Waals surface area (Å²) >= 11 is 0. The number of para-hydroxylation sites is 1. The highest BCUT2D eigenvalue weighted by atomic mass is 32.2. The van der Waals surface area contributed by atoms with E-state index in [4.69, 9.17) is 4.74 Å². The van der Waals surface area contributed by atoms with Crippen molar-refractivity contribution in [3.8, 4) is 0 Å². The monoisotopic (exact) mass is 353 g/mol. The Morgan fingerprint density at radius 3 is 2.71 bits per heavy atom. The van der Waals surface area contributed by atoms with E-state index in [1.54, 1.807) is 17.0 Å². The SMILES string of the molecule is CC(C)(C)OC(=O)N1CCC(N2Cc3ccccc3NS2(=O)=O)C1. The lowest BCUT2D eigenvalue weighted by atomic mass is 10.1. The Balaban J connectivity index is 1.73. The van der Waals surface area contributed by atoms with Gasteiger partial charge in [0, 0.05) is 25.7 Å². The summed E-state index contributed by atoms with van der Waals surface area (Å²) in [6.45, 7) is 6.60. The molecule has 2 heterocycles. The second kappa shape index (κ2) is 5.93. The van der Waals surface area contributed by atoms with E-state index < -0.39 is 21.9 Å². The van der Waals surface area contributed by atoms with Crippen LogP contribution in [0.3, 0.4) is 0 Å². The second-order valence-corrected chi connectivity index (χ2v) is 8.80. The van der Waals surface area contributed by atoms with Gasteiger partial charge in [-0.2, -0.15) is 12.7 Å². The molecule has 0 aromatic heterocycles. The Morgan fingerprint density at radius 2 is 2.00 bits per heavy atom. The molecule has 1 unspecified atom stereocenters. The molecule has 1 aromatic carbocycles. The molecular formula is C16H23N3O4S. The Labute approximate surface area is 142 Å². The molecule has 2 aliphatic rings. The third-order valence-electron chi connectivity index (χ3n) is 4.11. The second-order valence-electron chi connectivity index (χ2n) is 7.18. The van der Waals surface area contributed by atoms with E-state index in [1.165, 1.54) is 4.31 Å². The summed E-state index contributed by atoms with van der Waals surface area (Å²) in [6.07, 6.45) is 0.204. The quantitative estimate of drug-likeness (QED) is 0.839. The summed E-state index contributed by atoms with van der Waals surface area (Å²) in [7, 11) is -3.60. The zero-order valence-electron chi connectivity index (χ0n) is 14.2. The van der Waals surface area contributed by atoms with Crippen LogP contribution in [0.4, 0.5) is 10.5 Å². The normalized spacial score (nSPS) is 23.5. The maximum Gasteiger partial charge on any atom is 0.410 e. The van der Waals surface area contributed by atoms with Crippen molar-refractivity contribution in [2.24, 2.45) is 0 Å². The van der Waals surface area contributed by atoms with Crippen LogP contribution in [-0.4, -0.2) is 48.4 Å². The summed E-state index contributed by atoms with van der Waals surface area (Å²) in [6, 6.07) is 7.11. The van der Waals surface area contributed by atoms with Gasteiger partial charge in [-0.05, 0) is 38.8 Å². The zero-order valence-corrected chi connectivity index (χ0v) is 15.0. The summed E-state index contributed by atoms with van der Waals surface area (Å²) in [4.78, 5) is 13.7. The van der Waals surface area contributed by atoms with Crippen molar-refractivity contribution in [2.45, 2.75) is 45.4 Å². The molecule has 1 fully saturated rings. The van der Waals surface area contributed by atoms with Crippen LogP contribution in [0.25, 0.3) is 0 Å². The van der Waals surface area contributed by atoms with Crippen molar-refractivity contribution < 1.29 is 17.9 Å². The lowest BCUT2D eigenvalue weighted by molar-refractivity contribution is 0.0286. The van der Waals surface area contributed by atoms with Gasteiger partial charge in [0.25, 0.3) is 0 Å². The van der Waals surface area contributed by atoms with Crippen LogP contribution in [0.2, 0.25) is 0 Å². The first-order valence-electron chi connectivity index (χ1n) is 8.01. The van der Waals surface area contributed by atoms with E-state index in [0.717, 1.165) is 5.56 Å². The van der Waals surface area contributed by atoms with Gasteiger partial charge in [0.2, 0.25) is 0 Å². The molecule has 3 rings (SSSR count). The molecule has 1 aromatic rings. The highest BCUT2D eigenvalue weighted by molar-refractivity contribution is 7.90. The fraction of sp³-hybridized carbons (Fsp3) is 0.562. The lowest BCUT2D eigenvalue weighted by Crippen LogP contribution is -2.47. The van der Waals surface area contributed by atoms with E-state index in [2.05, 4.69) is 4.72 Å². The fourth-order valence-electron chi connectivity index (χ4n) is 3.00. The number of anilines is 1. The van der Waals surface area contributed by atoms with Crippen molar-refractivity contribution in [3.63, 3.8) is 0 Å². The molecule has 0 radical (unpaired) electrons. The van der Waals surface area contributed by atoms with Gasteiger partial charge in [-0.25, -0.2) is 4.79 Å². The van der Waals surface area contributed by atoms with Crippen LogP contribution < -0.4 is 4.72 Å². The lowest BCUT2D eigenvalue weighted by Gasteiger charge is -2.33. The van der Waals surface area contributed by atoms with Crippen molar-refractivity contribution in [1.82, 2.24) is 9.21 Å². The van der Waals surface area contributed by atoms with Crippen molar-refractivity contribution in [1.29, 1.82) is 0 Å². The number of nitrogens with one attached hydrogen (secondary N) is 1. The average Bonchev–Trinajstić information content (AvgIpc) is 2.93. The molecule has 132 valence electrons. The molecule has 0 saturated carbocycles. The molecule has 8 heteroatoms. The minimum atomic E-state index is -3.60. The first kappa shape index (κ1) is 17.0. The number of likely N-dealkylation sites (tertiary alicyclic amines) is 1. The summed E-state index contributed by atoms with van der Waals surface area (Å²) < 4.78 is 34.5. The zero-order chi connectivity index (χ0) is 17.5. The molecule has 7 nitrogen and oxygen atoms in total. The van der Waals surface area contributed by atoms with Crippen LogP contribution >= 0.6 is 0 Å². The fourth-order valence-corrected chi connectivity index (χ4v) is 4.47. The van der Waals surface area contributed by atoms with Gasteiger partial charge in [-0.15, -0.1) is 0 Å². The summed E-state index contributed by atoms with van der Waals surface area (Å²) in [5.41, 5.74) is 0.992. The number of hydrogen-bond acceptors (Lipinski definition) is 4. The molecule has 1 saturated heterocycles. The van der Waals surface area contributed by atoms with Gasteiger partial charge in [-0.1, -0.05) is 18.2 Å². The number of carbonyl (C=O) groups excluding carboxylic acids is 1. The Bertz CT molecular complexity index is 742. The molecule has 0 bridgehead atoms. The van der Waals surface area contributed by atoms with Gasteiger partial charge in [0.1, 0.15) is 5.60 Å². The number of amides is 1. The first-order valence-corrected chi connectivity index (χ1v) is 9.45. The van der Waals surface area contributed by atoms with E-state index >= 15 is 0 Å². The first-order chi connectivity index (χ1) is 11.2. The van der Waals surface area contributed by atoms with Crippen LogP contribution in [0, 0.1) is 0 Å². The highest BCUT2D eigenvalue weighted by Crippen LogP contribution is 2.30. The van der Waals surface area contributed by atoms with Gasteiger partial charge >= 0.3 is 16.3 Å². The average molecular weight is 353 g/mol. The highest BCUT2D eigenvalue weighted by Gasteiger charge is 2.40. The Kier molecular flexibility index (Phi) is 4.21. The summed E-state index contributed by atoms with van der Waals surface area (Å²) in [5.74, 6) is 0. The molecule has 1 atom stereocenters. The molecule has 1 N–H and O–H groups in total. The maximum absolute atomic E-state index is 12.5. The van der Waals surface area contributed by atoms with Crippen molar-refractivity contribution in [2.75, 3.05) is 17.8 Å². The van der Waals surface area contributed by atoms with E-state index in [9.17, 15) is 13.2 Å². The van der Waals surface area contributed by atoms with Crippen LogP contribution in [0.5, 0.6) is 0 Å². The van der Waals surface area contributed by atoms with Crippen LogP contribution in [-0.2, 0) is 21.5 Å². The maximum atomic E-state index is 12.5. The van der Waals surface area contributed by atoms with Crippen LogP contribution in [0.1, 0.15) is 32.8 Å². The summed E-state index contributed by atoms with van der Waals surface area (Å²) in [5, 5.41) is 0. The van der Waals surface area contributed by atoms with Crippen molar-refractivity contribution in [3.05, 3.63) is 29.8 Å². The largest absolute Gasteiger partial charge is 0.444 e. The topological polar surface area (TPSA) is 79.0 Å². The van der Waals surface area contributed by atoms with Gasteiger partial charge < -0.3 is 9.64 Å². The predicted octanol–water partition coefficient (Wildman–Crippen LogP) is 2.17. The number of rotatable bonds is 1. The third-order valence-corrected chi connectivity index (χ3v) is 5.64. The standard InChI is InChI=1S/C16H23N3O4S/c1-16(2,3)23-15(20)18-9-8-13(11-18)19-10-12-6-4-5-7-14(12)17-24(19,21)22/h4-7,13,17H,8-11H2,1-3H3. The molecule has 0 spiro atoms. The molecule has 2 aliphatic heterocycles. The Hall–Kier alpha value is -1.80. The molecule has 24 heavy (non-hydrogen) atoms. The number of carbonyl (C=O) groups is 1. The number of fused-ring (bicyclic) bond motifs is 1. The van der Waals surface area contributed by atoms with E-state index in [0.29, 0.717) is 31.7 Å². The Morgan fingerprint density at radius 1 is 1.29 bits per heavy atom.